The number of nitrogens with zero attached hydrogens (tertiary/aromatic N) is 2. The smallest absolute Gasteiger partial charge is 0.266 e. The highest BCUT2D eigenvalue weighted by molar-refractivity contribution is 14.1. The minimum Gasteiger partial charge on any atom is -0.380 e. The van der Waals surface area contributed by atoms with Crippen LogP contribution in [0.5, 0.6) is 0 Å². The van der Waals surface area contributed by atoms with Crippen molar-refractivity contribution in [1.82, 2.24) is 9.97 Å². The van der Waals surface area contributed by atoms with Gasteiger partial charge in [0.1, 0.15) is 9.39 Å². The molecule has 2 heterocycles. The van der Waals surface area contributed by atoms with Crippen LogP contribution in [0.3, 0.4) is 0 Å². The number of ether oxygens (including phenoxy) is 1. The molecule has 1 N–H and O–H groups in total. The summed E-state index contributed by atoms with van der Waals surface area (Å²) >= 11 is 2.03. The van der Waals surface area contributed by atoms with Crippen LogP contribution in [0.25, 0.3) is 0 Å². The van der Waals surface area contributed by atoms with Gasteiger partial charge in [-0.05, 0) is 29.0 Å². The van der Waals surface area contributed by atoms with Crippen molar-refractivity contribution in [3.05, 3.63) is 20.3 Å². The molecule has 15 heavy (non-hydrogen) atoms. The normalized spacial score (nSPS) is 17.5. The molecule has 6 heteroatoms. The van der Waals surface area contributed by atoms with Gasteiger partial charge in [-0.1, -0.05) is 0 Å². The lowest BCUT2D eigenvalue weighted by molar-refractivity contribution is 0.152. The SMILES string of the molecule is O=c1[nH]cnc(N2CCCOCC2)c1I. The lowest BCUT2D eigenvalue weighted by Crippen LogP contribution is -2.30. The second kappa shape index (κ2) is 4.93. The highest BCUT2D eigenvalue weighted by Gasteiger charge is 2.15. The number of anilines is 1. The summed E-state index contributed by atoms with van der Waals surface area (Å²) in [7, 11) is 0. The zero-order valence-electron chi connectivity index (χ0n) is 8.20. The van der Waals surface area contributed by atoms with Gasteiger partial charge in [-0.25, -0.2) is 4.98 Å². The largest absolute Gasteiger partial charge is 0.380 e. The van der Waals surface area contributed by atoms with E-state index in [4.69, 9.17) is 4.74 Å². The maximum Gasteiger partial charge on any atom is 0.266 e. The molecule has 0 atom stereocenters. The molecule has 0 unspecified atom stereocenters. The summed E-state index contributed by atoms with van der Waals surface area (Å²) in [6, 6.07) is 0. The van der Waals surface area contributed by atoms with Crippen LogP contribution in [-0.4, -0.2) is 36.3 Å². The minimum absolute atomic E-state index is 0.0780. The zero-order chi connectivity index (χ0) is 10.7. The molecule has 5 nitrogen and oxygen atoms in total. The van der Waals surface area contributed by atoms with Crippen molar-refractivity contribution in [2.24, 2.45) is 0 Å². The molecule has 0 amide bonds. The van der Waals surface area contributed by atoms with Crippen LogP contribution >= 0.6 is 22.6 Å². The highest BCUT2D eigenvalue weighted by Crippen LogP contribution is 2.16. The molecular formula is C9H12IN3O2. The molecule has 1 aromatic heterocycles. The molecule has 0 radical (unpaired) electrons. The van der Waals surface area contributed by atoms with Gasteiger partial charge in [0.2, 0.25) is 0 Å². The predicted molar refractivity (Wildman–Crippen MR) is 65.2 cm³/mol. The second-order valence-corrected chi connectivity index (χ2v) is 4.40. The van der Waals surface area contributed by atoms with Crippen LogP contribution in [0.4, 0.5) is 5.82 Å². The van der Waals surface area contributed by atoms with Gasteiger partial charge in [0.05, 0.1) is 12.9 Å². The third-order valence-electron chi connectivity index (χ3n) is 2.30. The monoisotopic (exact) mass is 321 g/mol. The van der Waals surface area contributed by atoms with E-state index in [9.17, 15) is 4.79 Å². The predicted octanol–water partition coefficient (Wildman–Crippen LogP) is 0.601. The van der Waals surface area contributed by atoms with Crippen LogP contribution in [0.1, 0.15) is 6.42 Å². The number of rotatable bonds is 1. The Morgan fingerprint density at radius 3 is 3.20 bits per heavy atom. The van der Waals surface area contributed by atoms with Gasteiger partial charge in [-0.15, -0.1) is 0 Å². The fraction of sp³-hybridized carbons (Fsp3) is 0.556. The highest BCUT2D eigenvalue weighted by atomic mass is 127. The van der Waals surface area contributed by atoms with Crippen LogP contribution in [0.2, 0.25) is 0 Å². The Hall–Kier alpha value is -0.630. The summed E-state index contributed by atoms with van der Waals surface area (Å²) in [6.45, 7) is 3.18. The van der Waals surface area contributed by atoms with Gasteiger partial charge in [0, 0.05) is 19.7 Å². The molecular weight excluding hydrogens is 309 g/mol. The Morgan fingerprint density at radius 1 is 1.47 bits per heavy atom. The number of aromatic amines is 1. The lowest BCUT2D eigenvalue weighted by atomic mass is 10.4. The van der Waals surface area contributed by atoms with E-state index in [0.717, 1.165) is 31.9 Å². The number of aromatic nitrogens is 2. The molecule has 0 aliphatic carbocycles. The van der Waals surface area contributed by atoms with Crippen LogP contribution in [-0.2, 0) is 4.74 Å². The number of hydrogen-bond donors (Lipinski definition) is 1. The van der Waals surface area contributed by atoms with Crippen LogP contribution in [0, 0.1) is 3.57 Å². The third-order valence-corrected chi connectivity index (χ3v) is 3.27. The first-order valence-corrected chi connectivity index (χ1v) is 5.93. The third kappa shape index (κ3) is 2.49. The van der Waals surface area contributed by atoms with Crippen molar-refractivity contribution in [2.45, 2.75) is 6.42 Å². The topological polar surface area (TPSA) is 58.2 Å². The molecule has 0 spiro atoms. The van der Waals surface area contributed by atoms with Crippen LogP contribution < -0.4 is 10.5 Å². The molecule has 1 saturated heterocycles. The van der Waals surface area contributed by atoms with Crippen molar-refractivity contribution >= 4 is 28.4 Å². The molecule has 0 aromatic carbocycles. The van der Waals surface area contributed by atoms with E-state index in [1.54, 1.807) is 0 Å². The Morgan fingerprint density at radius 2 is 2.33 bits per heavy atom. The van der Waals surface area contributed by atoms with Crippen molar-refractivity contribution in [3.63, 3.8) is 0 Å². The van der Waals surface area contributed by atoms with Crippen molar-refractivity contribution in [2.75, 3.05) is 31.2 Å². The lowest BCUT2D eigenvalue weighted by Gasteiger charge is -2.20. The second-order valence-electron chi connectivity index (χ2n) is 3.32. The van der Waals surface area contributed by atoms with Crippen molar-refractivity contribution < 1.29 is 4.74 Å². The van der Waals surface area contributed by atoms with Crippen molar-refractivity contribution in [1.29, 1.82) is 0 Å². The molecule has 1 fully saturated rings. The molecule has 0 saturated carbocycles. The Bertz CT molecular complexity index is 385. The summed E-state index contributed by atoms with van der Waals surface area (Å²) in [4.78, 5) is 20.3. The maximum atomic E-state index is 11.4. The molecule has 0 bridgehead atoms. The molecule has 82 valence electrons. The van der Waals surface area contributed by atoms with Gasteiger partial charge in [-0.3, -0.25) is 4.79 Å². The van der Waals surface area contributed by atoms with E-state index in [1.807, 2.05) is 22.6 Å². The van der Waals surface area contributed by atoms with Crippen LogP contribution in [0.15, 0.2) is 11.1 Å². The first-order chi connectivity index (χ1) is 7.29. The fourth-order valence-corrected chi connectivity index (χ4v) is 2.19. The summed E-state index contributed by atoms with van der Waals surface area (Å²) < 4.78 is 6.01. The van der Waals surface area contributed by atoms with Gasteiger partial charge >= 0.3 is 0 Å². The van der Waals surface area contributed by atoms with E-state index in [1.165, 1.54) is 6.33 Å². The number of nitrogens with one attached hydrogen (secondary N) is 1. The number of H-pyrrole nitrogens is 1. The quantitative estimate of drug-likeness (QED) is 0.770. The number of halogens is 1. The average molecular weight is 321 g/mol. The van der Waals surface area contributed by atoms with Gasteiger partial charge < -0.3 is 14.6 Å². The Balaban J connectivity index is 2.27. The summed E-state index contributed by atoms with van der Waals surface area (Å²) in [5.74, 6) is 0.768. The fourth-order valence-electron chi connectivity index (χ4n) is 1.55. The first kappa shape index (κ1) is 10.9. The van der Waals surface area contributed by atoms with E-state index in [2.05, 4.69) is 14.9 Å². The van der Waals surface area contributed by atoms with E-state index >= 15 is 0 Å². The number of hydrogen-bond acceptors (Lipinski definition) is 4. The summed E-state index contributed by atoms with van der Waals surface area (Å²) in [6.07, 6.45) is 2.43. The first-order valence-electron chi connectivity index (χ1n) is 4.85. The molecule has 1 aliphatic heterocycles. The summed E-state index contributed by atoms with van der Waals surface area (Å²) in [5, 5.41) is 0. The zero-order valence-corrected chi connectivity index (χ0v) is 10.4. The average Bonchev–Trinajstić information content (AvgIpc) is 2.50. The van der Waals surface area contributed by atoms with E-state index in [-0.39, 0.29) is 5.56 Å². The minimum atomic E-state index is -0.0780. The van der Waals surface area contributed by atoms with Gasteiger partial charge in [-0.2, -0.15) is 0 Å². The van der Waals surface area contributed by atoms with E-state index < -0.39 is 0 Å². The van der Waals surface area contributed by atoms with Gasteiger partial charge in [0.25, 0.3) is 5.56 Å². The van der Waals surface area contributed by atoms with Gasteiger partial charge in [0.15, 0.2) is 0 Å². The molecule has 1 aliphatic rings. The Kier molecular flexibility index (Phi) is 3.57. The molecule has 1 aromatic rings. The van der Waals surface area contributed by atoms with Crippen molar-refractivity contribution in [3.8, 4) is 0 Å². The van der Waals surface area contributed by atoms with E-state index in [0.29, 0.717) is 10.2 Å². The standard InChI is InChI=1S/C9H12IN3O2/c10-7-8(11-6-12-9(7)14)13-2-1-4-15-5-3-13/h6H,1-5H2,(H,11,12,14). The maximum absolute atomic E-state index is 11.4. The summed E-state index contributed by atoms with van der Waals surface area (Å²) in [5.41, 5.74) is -0.0780. The Labute approximate surface area is 101 Å². The molecule has 2 rings (SSSR count).